The van der Waals surface area contributed by atoms with Gasteiger partial charge in [-0.1, -0.05) is 0 Å². The first-order chi connectivity index (χ1) is 3.46. The zero-order valence-electron chi connectivity index (χ0n) is 7.31. The van der Waals surface area contributed by atoms with E-state index in [1.165, 1.54) is 13.8 Å². The zero-order chi connectivity index (χ0) is 7.15. The third-order valence-corrected chi connectivity index (χ3v) is 0. The van der Waals surface area contributed by atoms with Crippen LogP contribution in [-0.2, 0) is 4.79 Å². The summed E-state index contributed by atoms with van der Waals surface area (Å²) in [6.45, 7) is 6.50. The first-order valence-corrected chi connectivity index (χ1v) is 2.62. The smallest absolute Gasteiger partial charge is 1.00 e. The number of aliphatic hydroxyl groups is 1. The van der Waals surface area contributed by atoms with Crippen molar-refractivity contribution < 1.29 is 41.2 Å². The fraction of sp³-hybridized carbons (Fsp3) is 0.833. The van der Waals surface area contributed by atoms with Gasteiger partial charge in [-0.3, -0.25) is 0 Å². The number of halogens is 1. The fourth-order valence-electron chi connectivity index (χ4n) is 0. The molecule has 10 heavy (non-hydrogen) atoms. The first kappa shape index (κ1) is 22.4. The van der Waals surface area contributed by atoms with Crippen molar-refractivity contribution in [2.24, 2.45) is 0 Å². The van der Waals surface area contributed by atoms with E-state index in [1.54, 1.807) is 13.8 Å². The molecular weight excluding hydrogens is 146 g/mol. The predicted molar refractivity (Wildman–Crippen MR) is 33.7 cm³/mol. The SMILES string of the molecule is CC(C)=O.CC(C)O.[Cl-].[Li+]. The third-order valence-electron chi connectivity index (χ3n) is 0. The summed E-state index contributed by atoms with van der Waals surface area (Å²) in [5.41, 5.74) is 0. The molecule has 0 aromatic rings. The quantitative estimate of drug-likeness (QED) is 0.361. The molecule has 0 radical (unpaired) electrons. The van der Waals surface area contributed by atoms with Gasteiger partial charge in [-0.05, 0) is 27.7 Å². The summed E-state index contributed by atoms with van der Waals surface area (Å²) in [4.78, 5) is 9.44. The van der Waals surface area contributed by atoms with E-state index in [0.717, 1.165) is 0 Å². The summed E-state index contributed by atoms with van der Waals surface area (Å²) in [5, 5.41) is 8.06. The van der Waals surface area contributed by atoms with E-state index < -0.39 is 0 Å². The van der Waals surface area contributed by atoms with Crippen LogP contribution in [-0.4, -0.2) is 17.0 Å². The molecule has 0 rings (SSSR count). The predicted octanol–water partition coefficient (Wildman–Crippen LogP) is -5.01. The molecule has 0 aliphatic rings. The minimum atomic E-state index is -0.167. The molecule has 2 nitrogen and oxygen atoms in total. The second-order valence-electron chi connectivity index (χ2n) is 2.00. The molecule has 0 aliphatic heterocycles. The monoisotopic (exact) mass is 160 g/mol. The Morgan fingerprint density at radius 1 is 1.30 bits per heavy atom. The minimum Gasteiger partial charge on any atom is -1.00 e. The molecule has 58 valence electrons. The van der Waals surface area contributed by atoms with E-state index in [4.69, 9.17) is 5.11 Å². The summed E-state index contributed by atoms with van der Waals surface area (Å²) in [7, 11) is 0. The normalized spacial score (nSPS) is 6.20. The molecule has 0 bridgehead atoms. The maximum Gasteiger partial charge on any atom is 1.00 e. The van der Waals surface area contributed by atoms with Crippen LogP contribution >= 0.6 is 0 Å². The fourth-order valence-corrected chi connectivity index (χ4v) is 0. The molecule has 0 atom stereocenters. The van der Waals surface area contributed by atoms with E-state index in [9.17, 15) is 4.79 Å². The van der Waals surface area contributed by atoms with Gasteiger partial charge in [0.2, 0.25) is 0 Å². The molecule has 4 heteroatoms. The van der Waals surface area contributed by atoms with E-state index >= 15 is 0 Å². The number of hydrogen-bond donors (Lipinski definition) is 1. The Bertz CT molecular complexity index is 60.0. The van der Waals surface area contributed by atoms with Gasteiger partial charge >= 0.3 is 18.9 Å². The van der Waals surface area contributed by atoms with Crippen molar-refractivity contribution in [3.05, 3.63) is 0 Å². The zero-order valence-corrected chi connectivity index (χ0v) is 8.07. The van der Waals surface area contributed by atoms with E-state index in [1.807, 2.05) is 0 Å². The molecule has 1 N–H and O–H groups in total. The van der Waals surface area contributed by atoms with Crippen LogP contribution in [0.15, 0.2) is 0 Å². The summed E-state index contributed by atoms with van der Waals surface area (Å²) < 4.78 is 0. The molecule has 0 saturated carbocycles. The Hall–Kier alpha value is 0.517. The molecule has 0 aliphatic carbocycles. The van der Waals surface area contributed by atoms with E-state index in [-0.39, 0.29) is 43.2 Å². The molecule has 0 unspecified atom stereocenters. The standard InChI is InChI=1S/C3H8O.C3H6O.ClH.Li/c2*1-3(2)4;;/h3-4H,1-2H3;1-2H3;1H;/q;;;+1/p-1. The Kier molecular flexibility index (Phi) is 36.5. The van der Waals surface area contributed by atoms with Crippen LogP contribution in [0.5, 0.6) is 0 Å². The number of carbonyl (C=O) groups is 1. The number of rotatable bonds is 0. The van der Waals surface area contributed by atoms with Crippen molar-refractivity contribution in [1.82, 2.24) is 0 Å². The van der Waals surface area contributed by atoms with Crippen LogP contribution in [0.1, 0.15) is 27.7 Å². The third kappa shape index (κ3) is 1800. The van der Waals surface area contributed by atoms with Gasteiger partial charge in [-0.2, -0.15) is 0 Å². The van der Waals surface area contributed by atoms with Gasteiger partial charge in [0.15, 0.2) is 0 Å². The van der Waals surface area contributed by atoms with Gasteiger partial charge in [0.05, 0.1) is 0 Å². The largest absolute Gasteiger partial charge is 1.00 e. The van der Waals surface area contributed by atoms with Crippen LogP contribution in [0.25, 0.3) is 0 Å². The topological polar surface area (TPSA) is 37.3 Å². The molecule has 0 amide bonds. The van der Waals surface area contributed by atoms with Gasteiger partial charge in [0.25, 0.3) is 0 Å². The van der Waals surface area contributed by atoms with Crippen molar-refractivity contribution >= 4 is 5.78 Å². The van der Waals surface area contributed by atoms with Crippen molar-refractivity contribution in [3.8, 4) is 0 Å². The van der Waals surface area contributed by atoms with E-state index in [2.05, 4.69) is 0 Å². The summed E-state index contributed by atoms with van der Waals surface area (Å²) in [6.07, 6.45) is -0.167. The number of Topliss-reactive ketones (excluding diaryl/α,β-unsaturated/α-hetero) is 1. The van der Waals surface area contributed by atoms with Gasteiger partial charge in [0, 0.05) is 6.10 Å². The van der Waals surface area contributed by atoms with Gasteiger partial charge < -0.3 is 22.3 Å². The Balaban J connectivity index is -0.0000000300. The molecule has 0 spiro atoms. The second kappa shape index (κ2) is 16.3. The minimum absolute atomic E-state index is 0. The summed E-state index contributed by atoms with van der Waals surface area (Å²) in [5.74, 6) is 0.167. The second-order valence-corrected chi connectivity index (χ2v) is 2.00. The molecule has 0 aromatic heterocycles. The molecule has 0 aromatic carbocycles. The average molecular weight is 161 g/mol. The maximum atomic E-state index is 9.44. The Labute approximate surface area is 81.0 Å². The Morgan fingerprint density at radius 3 is 1.30 bits per heavy atom. The first-order valence-electron chi connectivity index (χ1n) is 2.62. The van der Waals surface area contributed by atoms with Crippen LogP contribution in [0.2, 0.25) is 0 Å². The maximum absolute atomic E-state index is 9.44. The van der Waals surface area contributed by atoms with Crippen molar-refractivity contribution in [3.63, 3.8) is 0 Å². The van der Waals surface area contributed by atoms with E-state index in [0.29, 0.717) is 0 Å². The molecular formula is C6H14ClLiO2. The average Bonchev–Trinajstić information content (AvgIpc) is 1.25. The Morgan fingerprint density at radius 2 is 1.30 bits per heavy atom. The van der Waals surface area contributed by atoms with Gasteiger partial charge in [0.1, 0.15) is 5.78 Å². The van der Waals surface area contributed by atoms with Crippen LogP contribution in [0.4, 0.5) is 0 Å². The number of hydrogen-bond acceptors (Lipinski definition) is 2. The molecule has 0 fully saturated rings. The number of aliphatic hydroxyl groups excluding tert-OH is 1. The number of ketones is 1. The molecule has 0 heterocycles. The van der Waals surface area contributed by atoms with Crippen LogP contribution in [0.3, 0.4) is 0 Å². The summed E-state index contributed by atoms with van der Waals surface area (Å²) in [6, 6.07) is 0. The van der Waals surface area contributed by atoms with Crippen LogP contribution < -0.4 is 31.3 Å². The number of carbonyl (C=O) groups excluding carboxylic acids is 1. The van der Waals surface area contributed by atoms with Gasteiger partial charge in [-0.25, -0.2) is 0 Å². The van der Waals surface area contributed by atoms with Gasteiger partial charge in [-0.15, -0.1) is 0 Å². The van der Waals surface area contributed by atoms with Crippen molar-refractivity contribution in [1.29, 1.82) is 0 Å². The summed E-state index contributed by atoms with van der Waals surface area (Å²) >= 11 is 0. The van der Waals surface area contributed by atoms with Crippen molar-refractivity contribution in [2.75, 3.05) is 0 Å². The molecule has 0 saturated heterocycles. The van der Waals surface area contributed by atoms with Crippen LogP contribution in [0, 0.1) is 0 Å². The van der Waals surface area contributed by atoms with Crippen molar-refractivity contribution in [2.45, 2.75) is 33.8 Å².